The molecule has 0 aliphatic heterocycles. The zero-order chi connectivity index (χ0) is 12.3. The average molecular weight is 233 g/mol. The Balaban J connectivity index is 2.12. The van der Waals surface area contributed by atoms with Crippen LogP contribution >= 0.6 is 0 Å². The zero-order valence-corrected chi connectivity index (χ0v) is 10.4. The molecule has 0 bridgehead atoms. The molecule has 1 heterocycles. The number of hydrogen-bond acceptors (Lipinski definition) is 3. The highest BCUT2D eigenvalue weighted by Gasteiger charge is 2.24. The zero-order valence-electron chi connectivity index (χ0n) is 10.4. The molecule has 17 heavy (non-hydrogen) atoms. The molecule has 1 fully saturated rings. The van der Waals surface area contributed by atoms with Crippen molar-refractivity contribution in [3.05, 3.63) is 23.9 Å². The third-order valence-corrected chi connectivity index (χ3v) is 3.42. The van der Waals surface area contributed by atoms with Crippen molar-refractivity contribution in [1.29, 1.82) is 0 Å². The van der Waals surface area contributed by atoms with Crippen molar-refractivity contribution in [2.45, 2.75) is 31.7 Å². The summed E-state index contributed by atoms with van der Waals surface area (Å²) >= 11 is 0. The number of aromatic nitrogens is 1. The fraction of sp³-hybridized carbons (Fsp3) is 0.538. The Kier molecular flexibility index (Phi) is 3.61. The van der Waals surface area contributed by atoms with Crippen LogP contribution in [-0.4, -0.2) is 35.9 Å². The molecule has 1 N–H and O–H groups in total. The minimum Gasteiger partial charge on any atom is -0.373 e. The van der Waals surface area contributed by atoms with Crippen molar-refractivity contribution in [1.82, 2.24) is 9.88 Å². The van der Waals surface area contributed by atoms with E-state index in [9.17, 15) is 4.79 Å². The number of nitrogens with one attached hydrogen (secondary N) is 1. The maximum atomic E-state index is 12.2. The Morgan fingerprint density at radius 2 is 2.12 bits per heavy atom. The summed E-state index contributed by atoms with van der Waals surface area (Å²) < 4.78 is 0. The van der Waals surface area contributed by atoms with Crippen molar-refractivity contribution < 1.29 is 4.79 Å². The van der Waals surface area contributed by atoms with Gasteiger partial charge in [-0.15, -0.1) is 0 Å². The van der Waals surface area contributed by atoms with Gasteiger partial charge in [0.15, 0.2) is 0 Å². The molecule has 0 spiro atoms. The van der Waals surface area contributed by atoms with E-state index in [1.165, 1.54) is 12.8 Å². The number of pyridine rings is 1. The minimum absolute atomic E-state index is 0.0222. The van der Waals surface area contributed by atoms with Crippen LogP contribution in [0.1, 0.15) is 36.2 Å². The highest BCUT2D eigenvalue weighted by Crippen LogP contribution is 2.23. The first kappa shape index (κ1) is 11.9. The van der Waals surface area contributed by atoms with Crippen LogP contribution in [0, 0.1) is 0 Å². The van der Waals surface area contributed by atoms with Crippen LogP contribution < -0.4 is 5.32 Å². The Bertz CT molecular complexity index is 399. The Morgan fingerprint density at radius 3 is 2.76 bits per heavy atom. The number of anilines is 1. The van der Waals surface area contributed by atoms with E-state index in [0.29, 0.717) is 11.7 Å². The molecule has 92 valence electrons. The predicted molar refractivity (Wildman–Crippen MR) is 68.1 cm³/mol. The molecule has 0 aromatic carbocycles. The number of hydrogen-bond donors (Lipinski definition) is 1. The van der Waals surface area contributed by atoms with Crippen LogP contribution in [-0.2, 0) is 0 Å². The second-order valence-electron chi connectivity index (χ2n) is 4.51. The van der Waals surface area contributed by atoms with Crippen LogP contribution in [0.3, 0.4) is 0 Å². The van der Waals surface area contributed by atoms with Crippen LogP contribution in [0.25, 0.3) is 0 Å². The van der Waals surface area contributed by atoms with E-state index in [0.717, 1.165) is 18.7 Å². The Morgan fingerprint density at radius 1 is 1.41 bits per heavy atom. The minimum atomic E-state index is 0.0222. The monoisotopic (exact) mass is 233 g/mol. The van der Waals surface area contributed by atoms with E-state index in [1.807, 2.05) is 24.1 Å². The van der Waals surface area contributed by atoms with E-state index in [4.69, 9.17) is 0 Å². The molecule has 2 rings (SSSR count). The summed E-state index contributed by atoms with van der Waals surface area (Å²) in [6, 6.07) is 5.87. The van der Waals surface area contributed by atoms with Gasteiger partial charge in [0.05, 0.1) is 0 Å². The molecule has 0 saturated heterocycles. The van der Waals surface area contributed by atoms with Gasteiger partial charge in [-0.25, -0.2) is 4.98 Å². The third kappa shape index (κ3) is 2.57. The molecule has 1 aromatic heterocycles. The topological polar surface area (TPSA) is 45.2 Å². The molecule has 0 radical (unpaired) electrons. The van der Waals surface area contributed by atoms with Crippen LogP contribution in [0.15, 0.2) is 18.2 Å². The van der Waals surface area contributed by atoms with Gasteiger partial charge in [0.25, 0.3) is 5.91 Å². The molecule has 1 aromatic rings. The third-order valence-electron chi connectivity index (χ3n) is 3.42. The highest BCUT2D eigenvalue weighted by molar-refractivity contribution is 5.92. The summed E-state index contributed by atoms with van der Waals surface area (Å²) in [6.45, 7) is 0. The Hall–Kier alpha value is -1.58. The van der Waals surface area contributed by atoms with Gasteiger partial charge >= 0.3 is 0 Å². The lowest BCUT2D eigenvalue weighted by Crippen LogP contribution is -2.35. The standard InChI is InChI=1S/C13H19N3O/c1-14-12-9-5-8-11(15-12)13(17)16(2)10-6-3-4-7-10/h5,8-10H,3-4,6-7H2,1-2H3,(H,14,15). The number of nitrogens with zero attached hydrogens (tertiary/aromatic N) is 2. The first-order chi connectivity index (χ1) is 8.22. The van der Waals surface area contributed by atoms with Crippen LogP contribution in [0.5, 0.6) is 0 Å². The number of rotatable bonds is 3. The molecule has 0 atom stereocenters. The van der Waals surface area contributed by atoms with Crippen LogP contribution in [0.4, 0.5) is 5.82 Å². The molecule has 0 unspecified atom stereocenters. The van der Waals surface area contributed by atoms with Gasteiger partial charge in [0, 0.05) is 20.1 Å². The molecule has 4 heteroatoms. The van der Waals surface area contributed by atoms with Crippen molar-refractivity contribution in [3.63, 3.8) is 0 Å². The lowest BCUT2D eigenvalue weighted by Gasteiger charge is -2.23. The quantitative estimate of drug-likeness (QED) is 0.870. The predicted octanol–water partition coefficient (Wildman–Crippen LogP) is 2.14. The van der Waals surface area contributed by atoms with E-state index >= 15 is 0 Å². The second-order valence-corrected chi connectivity index (χ2v) is 4.51. The number of carbonyl (C=O) groups is 1. The summed E-state index contributed by atoms with van der Waals surface area (Å²) in [5, 5.41) is 2.95. The summed E-state index contributed by atoms with van der Waals surface area (Å²) in [5.74, 6) is 0.754. The van der Waals surface area contributed by atoms with Crippen molar-refractivity contribution in [2.75, 3.05) is 19.4 Å². The fourth-order valence-corrected chi connectivity index (χ4v) is 2.33. The second kappa shape index (κ2) is 5.17. The molecule has 1 aliphatic carbocycles. The van der Waals surface area contributed by atoms with E-state index in [1.54, 1.807) is 13.1 Å². The van der Waals surface area contributed by atoms with Crippen molar-refractivity contribution in [3.8, 4) is 0 Å². The summed E-state index contributed by atoms with van der Waals surface area (Å²) in [7, 11) is 3.68. The maximum absolute atomic E-state index is 12.2. The number of amides is 1. The lowest BCUT2D eigenvalue weighted by atomic mass is 10.2. The first-order valence-electron chi connectivity index (χ1n) is 6.14. The van der Waals surface area contributed by atoms with Crippen molar-refractivity contribution in [2.24, 2.45) is 0 Å². The molecule has 4 nitrogen and oxygen atoms in total. The summed E-state index contributed by atoms with van der Waals surface area (Å²) in [5.41, 5.74) is 0.520. The van der Waals surface area contributed by atoms with Gasteiger partial charge in [-0.3, -0.25) is 4.79 Å². The fourth-order valence-electron chi connectivity index (χ4n) is 2.33. The highest BCUT2D eigenvalue weighted by atomic mass is 16.2. The number of carbonyl (C=O) groups excluding carboxylic acids is 1. The van der Waals surface area contributed by atoms with Gasteiger partial charge in [-0.1, -0.05) is 18.9 Å². The van der Waals surface area contributed by atoms with E-state index in [-0.39, 0.29) is 5.91 Å². The smallest absolute Gasteiger partial charge is 0.272 e. The van der Waals surface area contributed by atoms with Gasteiger partial charge in [0.1, 0.15) is 11.5 Å². The first-order valence-corrected chi connectivity index (χ1v) is 6.14. The molecule has 1 amide bonds. The summed E-state index contributed by atoms with van der Waals surface area (Å²) in [6.07, 6.45) is 4.69. The van der Waals surface area contributed by atoms with Gasteiger partial charge in [-0.05, 0) is 25.0 Å². The average Bonchev–Trinajstić information content (AvgIpc) is 2.91. The van der Waals surface area contributed by atoms with Crippen molar-refractivity contribution >= 4 is 11.7 Å². The van der Waals surface area contributed by atoms with Gasteiger partial charge in [-0.2, -0.15) is 0 Å². The normalized spacial score (nSPS) is 15.9. The SMILES string of the molecule is CNc1cccc(C(=O)N(C)C2CCCC2)n1. The van der Waals surface area contributed by atoms with Gasteiger partial charge < -0.3 is 10.2 Å². The molecule has 1 saturated carbocycles. The summed E-state index contributed by atoms with van der Waals surface area (Å²) in [4.78, 5) is 18.4. The van der Waals surface area contributed by atoms with E-state index in [2.05, 4.69) is 10.3 Å². The van der Waals surface area contributed by atoms with Gasteiger partial charge in [0.2, 0.25) is 0 Å². The largest absolute Gasteiger partial charge is 0.373 e. The lowest BCUT2D eigenvalue weighted by molar-refractivity contribution is 0.0729. The molecular weight excluding hydrogens is 214 g/mol. The molecule has 1 aliphatic rings. The maximum Gasteiger partial charge on any atom is 0.272 e. The molecular formula is C13H19N3O. The van der Waals surface area contributed by atoms with Crippen LogP contribution in [0.2, 0.25) is 0 Å². The van der Waals surface area contributed by atoms with E-state index < -0.39 is 0 Å². The Labute approximate surface area is 102 Å².